The molecule has 188 valence electrons. The number of aromatic nitrogens is 4. The molecule has 2 aromatic heterocycles. The van der Waals surface area contributed by atoms with Gasteiger partial charge in [0.15, 0.2) is 5.52 Å². The van der Waals surface area contributed by atoms with Crippen molar-refractivity contribution in [3.8, 4) is 17.1 Å². The van der Waals surface area contributed by atoms with Gasteiger partial charge in [-0.1, -0.05) is 13.3 Å². The predicted octanol–water partition coefficient (Wildman–Crippen LogP) is 2.93. The van der Waals surface area contributed by atoms with E-state index in [4.69, 9.17) is 4.74 Å². The van der Waals surface area contributed by atoms with Crippen LogP contribution in [0.15, 0.2) is 52.2 Å². The molecule has 0 radical (unpaired) electrons. The molecule has 0 saturated carbocycles. The van der Waals surface area contributed by atoms with Gasteiger partial charge in [-0.05, 0) is 55.8 Å². The third-order valence-corrected chi connectivity index (χ3v) is 6.73. The molecule has 0 atom stereocenters. The van der Waals surface area contributed by atoms with Crippen molar-refractivity contribution < 1.29 is 22.3 Å². The Labute approximate surface area is 206 Å². The van der Waals surface area contributed by atoms with E-state index in [2.05, 4.69) is 15.1 Å². The van der Waals surface area contributed by atoms with E-state index in [1.54, 1.807) is 14.0 Å². The second-order valence-electron chi connectivity index (χ2n) is 7.96. The van der Waals surface area contributed by atoms with E-state index in [0.29, 0.717) is 28.9 Å². The summed E-state index contributed by atoms with van der Waals surface area (Å²) in [6.07, 6.45) is 1.40. The van der Waals surface area contributed by atoms with Crippen LogP contribution in [0.3, 0.4) is 0 Å². The number of amides is 1. The molecule has 0 bridgehead atoms. The van der Waals surface area contributed by atoms with Crippen LogP contribution < -0.4 is 15.0 Å². The average Bonchev–Trinajstić information content (AvgIpc) is 3.15. The van der Waals surface area contributed by atoms with Gasteiger partial charge in [-0.3, -0.25) is 14.3 Å². The second-order valence-corrected chi connectivity index (χ2v) is 9.65. The van der Waals surface area contributed by atoms with Crippen LogP contribution in [-0.2, 0) is 23.5 Å². The van der Waals surface area contributed by atoms with Gasteiger partial charge in [0.2, 0.25) is 0 Å². The first-order valence-corrected chi connectivity index (χ1v) is 12.7. The Kier molecular flexibility index (Phi) is 6.88. The summed E-state index contributed by atoms with van der Waals surface area (Å²) >= 11 is 0. The van der Waals surface area contributed by atoms with Gasteiger partial charge in [0.05, 0.1) is 22.8 Å². The molecule has 0 spiro atoms. The molecule has 0 aliphatic rings. The Morgan fingerprint density at radius 2 is 1.89 bits per heavy atom. The monoisotopic (exact) mass is 513 g/mol. The summed E-state index contributed by atoms with van der Waals surface area (Å²) in [7, 11) is -2.68. The molecule has 36 heavy (non-hydrogen) atoms. The number of aryl methyl sites for hydroxylation is 2. The minimum absolute atomic E-state index is 0.0254. The van der Waals surface area contributed by atoms with Crippen molar-refractivity contribution in [3.63, 3.8) is 0 Å². The molecule has 2 heterocycles. The van der Waals surface area contributed by atoms with Gasteiger partial charge in [-0.15, -0.1) is 0 Å². The lowest BCUT2D eigenvalue weighted by Crippen LogP contribution is -2.30. The molecular formula is C24H24FN5O5S. The molecule has 4 aromatic rings. The Morgan fingerprint density at radius 1 is 1.17 bits per heavy atom. The van der Waals surface area contributed by atoms with E-state index >= 15 is 0 Å². The Bertz CT molecular complexity index is 1610. The van der Waals surface area contributed by atoms with E-state index in [-0.39, 0.29) is 28.5 Å². The van der Waals surface area contributed by atoms with Gasteiger partial charge in [-0.2, -0.15) is 5.10 Å². The third kappa shape index (κ3) is 4.85. The zero-order valence-electron chi connectivity index (χ0n) is 19.8. The second kappa shape index (κ2) is 9.90. The number of aromatic amines is 1. The number of carbonyl (C=O) groups excluding carboxylic acids is 1. The maximum atomic E-state index is 13.2. The van der Waals surface area contributed by atoms with Crippen molar-refractivity contribution >= 4 is 27.0 Å². The number of fused-ring (bicyclic) bond motifs is 1. The molecule has 10 nitrogen and oxygen atoms in total. The maximum absolute atomic E-state index is 13.2. The number of H-pyrrole nitrogens is 1. The van der Waals surface area contributed by atoms with Crippen molar-refractivity contribution in [2.75, 3.05) is 6.61 Å². The van der Waals surface area contributed by atoms with E-state index in [1.165, 1.54) is 35.0 Å². The van der Waals surface area contributed by atoms with Gasteiger partial charge in [0.25, 0.3) is 21.5 Å². The molecule has 4 rings (SSSR count). The van der Waals surface area contributed by atoms with Crippen LogP contribution in [0.5, 0.6) is 5.75 Å². The first-order valence-electron chi connectivity index (χ1n) is 11.2. The normalized spacial score (nSPS) is 11.6. The number of hydrogen-bond donors (Lipinski definition) is 2. The first-order chi connectivity index (χ1) is 17.1. The molecular weight excluding hydrogens is 489 g/mol. The largest absolute Gasteiger partial charge is 0.493 e. The minimum Gasteiger partial charge on any atom is -0.493 e. The third-order valence-electron chi connectivity index (χ3n) is 5.40. The highest BCUT2D eigenvalue weighted by molar-refractivity contribution is 7.90. The van der Waals surface area contributed by atoms with E-state index in [0.717, 1.165) is 18.6 Å². The lowest BCUT2D eigenvalue weighted by atomic mass is 10.1. The highest BCUT2D eigenvalue weighted by atomic mass is 32.2. The maximum Gasteiger partial charge on any atom is 0.277 e. The van der Waals surface area contributed by atoms with Crippen molar-refractivity contribution in [2.24, 2.45) is 7.05 Å². The van der Waals surface area contributed by atoms with E-state index < -0.39 is 27.3 Å². The average molecular weight is 514 g/mol. The topological polar surface area (TPSA) is 136 Å². The molecule has 12 heteroatoms. The summed E-state index contributed by atoms with van der Waals surface area (Å²) < 4.78 is 48.3. The standard InChI is InChI=1S/C24H24FN5O5S/c1-4-6-18-20-21(30(3)28-18)24(32)27-22(26-20)17-13-16(11-12-19(17)35-5-2)36(33,34)29-23(31)14-7-9-15(25)10-8-14/h7-13H,4-6H2,1-3H3,(H,29,31)(H,26,27,32). The number of sulfonamides is 1. The number of nitrogens with zero attached hydrogens (tertiary/aromatic N) is 3. The number of ether oxygens (including phenoxy) is 1. The van der Waals surface area contributed by atoms with Crippen molar-refractivity contribution in [1.82, 2.24) is 24.5 Å². The Hall–Kier alpha value is -4.06. The number of hydrogen-bond acceptors (Lipinski definition) is 7. The lowest BCUT2D eigenvalue weighted by Gasteiger charge is -2.13. The fourth-order valence-electron chi connectivity index (χ4n) is 3.76. The Balaban J connectivity index is 1.80. The van der Waals surface area contributed by atoms with Crippen LogP contribution >= 0.6 is 0 Å². The van der Waals surface area contributed by atoms with Gasteiger partial charge in [0.1, 0.15) is 22.9 Å². The van der Waals surface area contributed by atoms with Crippen LogP contribution in [0.25, 0.3) is 22.4 Å². The Morgan fingerprint density at radius 3 is 2.56 bits per heavy atom. The van der Waals surface area contributed by atoms with Crippen LogP contribution in [-0.4, -0.2) is 40.7 Å². The van der Waals surface area contributed by atoms with Gasteiger partial charge in [-0.25, -0.2) is 22.5 Å². The van der Waals surface area contributed by atoms with Crippen molar-refractivity contribution in [2.45, 2.75) is 31.6 Å². The van der Waals surface area contributed by atoms with Crippen LogP contribution in [0.2, 0.25) is 0 Å². The van der Waals surface area contributed by atoms with Crippen LogP contribution in [0, 0.1) is 5.82 Å². The minimum atomic E-state index is -4.33. The molecule has 2 N–H and O–H groups in total. The summed E-state index contributed by atoms with van der Waals surface area (Å²) in [5.41, 5.74) is 1.12. The van der Waals surface area contributed by atoms with E-state index in [9.17, 15) is 22.4 Å². The molecule has 0 aliphatic heterocycles. The molecule has 2 aromatic carbocycles. The quantitative estimate of drug-likeness (QED) is 0.370. The van der Waals surface area contributed by atoms with Crippen molar-refractivity contribution in [3.05, 3.63) is 69.9 Å². The van der Waals surface area contributed by atoms with Gasteiger partial charge >= 0.3 is 0 Å². The first kappa shape index (κ1) is 25.0. The zero-order chi connectivity index (χ0) is 26.0. The molecule has 0 aliphatic carbocycles. The fraction of sp³-hybridized carbons (Fsp3) is 0.250. The smallest absolute Gasteiger partial charge is 0.277 e. The summed E-state index contributed by atoms with van der Waals surface area (Å²) in [6, 6.07) is 8.43. The van der Waals surface area contributed by atoms with Crippen LogP contribution in [0.1, 0.15) is 36.3 Å². The van der Waals surface area contributed by atoms with Gasteiger partial charge < -0.3 is 9.72 Å². The number of benzene rings is 2. The fourth-order valence-corrected chi connectivity index (χ4v) is 4.76. The summed E-state index contributed by atoms with van der Waals surface area (Å²) in [5.74, 6) is -1.08. The number of halogens is 1. The zero-order valence-corrected chi connectivity index (χ0v) is 20.6. The SMILES string of the molecule is CCCc1nn(C)c2c(=O)[nH]c(-c3cc(S(=O)(=O)NC(=O)c4ccc(F)cc4)ccc3OCC)nc12. The molecule has 0 fully saturated rings. The van der Waals surface area contributed by atoms with Gasteiger partial charge in [0, 0.05) is 12.6 Å². The summed E-state index contributed by atoms with van der Waals surface area (Å²) in [6.45, 7) is 4.02. The molecule has 1 amide bonds. The summed E-state index contributed by atoms with van der Waals surface area (Å²) in [5, 5.41) is 4.39. The lowest BCUT2D eigenvalue weighted by molar-refractivity contribution is 0.0981. The molecule has 0 unspecified atom stereocenters. The number of nitrogens with one attached hydrogen (secondary N) is 2. The number of rotatable bonds is 8. The highest BCUT2D eigenvalue weighted by Gasteiger charge is 2.23. The highest BCUT2D eigenvalue weighted by Crippen LogP contribution is 2.31. The molecule has 0 saturated heterocycles. The van der Waals surface area contributed by atoms with Crippen molar-refractivity contribution in [1.29, 1.82) is 0 Å². The number of carbonyl (C=O) groups is 1. The van der Waals surface area contributed by atoms with Crippen LogP contribution in [0.4, 0.5) is 4.39 Å². The predicted molar refractivity (Wildman–Crippen MR) is 131 cm³/mol. The summed E-state index contributed by atoms with van der Waals surface area (Å²) in [4.78, 5) is 32.4. The van der Waals surface area contributed by atoms with E-state index in [1.807, 2.05) is 11.6 Å².